The average Bonchev–Trinajstić information content (AvgIpc) is 2.62. The first kappa shape index (κ1) is 18.4. The number of halogens is 1. The van der Waals surface area contributed by atoms with Crippen molar-refractivity contribution in [2.75, 3.05) is 19.0 Å². The number of nitrogens with zero attached hydrogens (tertiary/aromatic N) is 1. The Morgan fingerprint density at radius 3 is 2.56 bits per heavy atom. The highest BCUT2D eigenvalue weighted by Crippen LogP contribution is 2.29. The third kappa shape index (κ3) is 5.00. The fraction of sp³-hybridized carbons (Fsp3) is 0.158. The number of hydrogen-bond acceptors (Lipinski definition) is 4. The van der Waals surface area contributed by atoms with E-state index in [1.807, 2.05) is 13.0 Å². The van der Waals surface area contributed by atoms with E-state index in [1.165, 1.54) is 6.08 Å². The Hall–Kier alpha value is -2.97. The van der Waals surface area contributed by atoms with Gasteiger partial charge in [0.15, 0.2) is 11.5 Å². The molecule has 0 unspecified atom stereocenters. The molecule has 0 spiro atoms. The first-order valence-electron chi connectivity index (χ1n) is 7.57. The molecule has 0 saturated heterocycles. The van der Waals surface area contributed by atoms with Crippen molar-refractivity contribution in [1.82, 2.24) is 0 Å². The van der Waals surface area contributed by atoms with E-state index in [1.54, 1.807) is 49.6 Å². The summed E-state index contributed by atoms with van der Waals surface area (Å²) >= 11 is 5.81. The van der Waals surface area contributed by atoms with Gasteiger partial charge in [-0.15, -0.1) is 0 Å². The lowest BCUT2D eigenvalue weighted by atomic mass is 10.1. The number of carbonyl (C=O) groups excluding carboxylic acids is 1. The lowest BCUT2D eigenvalue weighted by Crippen LogP contribution is -2.13. The summed E-state index contributed by atoms with van der Waals surface area (Å²) in [5.41, 5.74) is 1.19. The second-order valence-electron chi connectivity index (χ2n) is 4.97. The van der Waals surface area contributed by atoms with E-state index >= 15 is 0 Å². The number of amides is 1. The predicted molar refractivity (Wildman–Crippen MR) is 97.8 cm³/mol. The first-order chi connectivity index (χ1) is 12.1. The van der Waals surface area contributed by atoms with Crippen molar-refractivity contribution in [2.24, 2.45) is 0 Å². The quantitative estimate of drug-likeness (QED) is 0.619. The summed E-state index contributed by atoms with van der Waals surface area (Å²) in [7, 11) is 1.55. The molecule has 0 atom stereocenters. The number of rotatable bonds is 6. The second kappa shape index (κ2) is 8.76. The van der Waals surface area contributed by atoms with Crippen molar-refractivity contribution in [3.8, 4) is 17.6 Å². The van der Waals surface area contributed by atoms with Gasteiger partial charge in [-0.2, -0.15) is 5.26 Å². The molecule has 0 aliphatic heterocycles. The molecule has 0 aliphatic carbocycles. The zero-order chi connectivity index (χ0) is 18.2. The molecule has 128 valence electrons. The van der Waals surface area contributed by atoms with Gasteiger partial charge in [-0.05, 0) is 55.0 Å². The summed E-state index contributed by atoms with van der Waals surface area (Å²) in [6, 6.07) is 13.7. The molecule has 2 aromatic rings. The van der Waals surface area contributed by atoms with Crippen LogP contribution in [0.5, 0.6) is 11.5 Å². The summed E-state index contributed by atoms with van der Waals surface area (Å²) in [5, 5.41) is 12.5. The molecular weight excluding hydrogens is 340 g/mol. The normalized spacial score (nSPS) is 10.7. The third-order valence-corrected chi connectivity index (χ3v) is 3.52. The number of benzene rings is 2. The van der Waals surface area contributed by atoms with E-state index in [9.17, 15) is 10.1 Å². The van der Waals surface area contributed by atoms with Crippen LogP contribution in [0.3, 0.4) is 0 Å². The van der Waals surface area contributed by atoms with E-state index in [4.69, 9.17) is 21.1 Å². The molecule has 0 saturated carbocycles. The van der Waals surface area contributed by atoms with Gasteiger partial charge in [-0.25, -0.2) is 0 Å². The van der Waals surface area contributed by atoms with Crippen LogP contribution in [-0.2, 0) is 4.79 Å². The van der Waals surface area contributed by atoms with Gasteiger partial charge >= 0.3 is 0 Å². The largest absolute Gasteiger partial charge is 0.493 e. The minimum absolute atomic E-state index is 0.0254. The van der Waals surface area contributed by atoms with Gasteiger partial charge in [-0.3, -0.25) is 4.79 Å². The number of carbonyl (C=O) groups is 1. The third-order valence-electron chi connectivity index (χ3n) is 3.27. The van der Waals surface area contributed by atoms with Crippen LogP contribution >= 0.6 is 11.6 Å². The Bertz CT molecular complexity index is 824. The van der Waals surface area contributed by atoms with Gasteiger partial charge < -0.3 is 14.8 Å². The number of ether oxygens (including phenoxy) is 2. The zero-order valence-corrected chi connectivity index (χ0v) is 14.6. The number of nitrogens with one attached hydrogen (secondary N) is 1. The Morgan fingerprint density at radius 2 is 1.96 bits per heavy atom. The summed E-state index contributed by atoms with van der Waals surface area (Å²) in [6.45, 7) is 2.34. The van der Waals surface area contributed by atoms with Gasteiger partial charge in [0.25, 0.3) is 5.91 Å². The minimum Gasteiger partial charge on any atom is -0.493 e. The zero-order valence-electron chi connectivity index (χ0n) is 13.9. The molecule has 2 aromatic carbocycles. The van der Waals surface area contributed by atoms with Crippen LogP contribution in [0, 0.1) is 11.3 Å². The van der Waals surface area contributed by atoms with Gasteiger partial charge in [0, 0.05) is 10.7 Å². The molecule has 2 rings (SSSR count). The average molecular weight is 357 g/mol. The first-order valence-corrected chi connectivity index (χ1v) is 7.94. The molecule has 0 bridgehead atoms. The number of methoxy groups -OCH3 is 1. The molecular formula is C19H17ClN2O3. The molecule has 0 aliphatic rings. The van der Waals surface area contributed by atoms with Crippen LogP contribution in [-0.4, -0.2) is 19.6 Å². The SMILES string of the molecule is CCOc1cc(/C=C(\C#N)C(=O)Nc2ccc(Cl)cc2)ccc1OC. The Balaban J connectivity index is 2.24. The number of nitriles is 1. The molecule has 0 fully saturated rings. The second-order valence-corrected chi connectivity index (χ2v) is 5.41. The molecule has 1 amide bonds. The van der Waals surface area contributed by atoms with Gasteiger partial charge in [0.1, 0.15) is 11.6 Å². The molecule has 6 heteroatoms. The van der Waals surface area contributed by atoms with E-state index in [0.29, 0.717) is 34.4 Å². The van der Waals surface area contributed by atoms with E-state index < -0.39 is 5.91 Å². The van der Waals surface area contributed by atoms with Crippen LogP contribution in [0.2, 0.25) is 5.02 Å². The van der Waals surface area contributed by atoms with Crippen molar-refractivity contribution in [1.29, 1.82) is 5.26 Å². The fourth-order valence-corrected chi connectivity index (χ4v) is 2.22. The summed E-state index contributed by atoms with van der Waals surface area (Å²) < 4.78 is 10.7. The summed E-state index contributed by atoms with van der Waals surface area (Å²) in [6.07, 6.45) is 1.49. The highest BCUT2D eigenvalue weighted by atomic mass is 35.5. The smallest absolute Gasteiger partial charge is 0.266 e. The van der Waals surface area contributed by atoms with Crippen molar-refractivity contribution in [3.05, 3.63) is 58.6 Å². The number of anilines is 1. The molecule has 25 heavy (non-hydrogen) atoms. The van der Waals surface area contributed by atoms with E-state index in [-0.39, 0.29) is 5.57 Å². The van der Waals surface area contributed by atoms with Crippen molar-refractivity contribution < 1.29 is 14.3 Å². The lowest BCUT2D eigenvalue weighted by molar-refractivity contribution is -0.112. The predicted octanol–water partition coefficient (Wildman–Crippen LogP) is 4.29. The maximum absolute atomic E-state index is 12.3. The van der Waals surface area contributed by atoms with Gasteiger partial charge in [0.05, 0.1) is 13.7 Å². The maximum atomic E-state index is 12.3. The van der Waals surface area contributed by atoms with Crippen molar-refractivity contribution in [3.63, 3.8) is 0 Å². The van der Waals surface area contributed by atoms with Crippen LogP contribution < -0.4 is 14.8 Å². The lowest BCUT2D eigenvalue weighted by Gasteiger charge is -2.10. The van der Waals surface area contributed by atoms with Crippen molar-refractivity contribution >= 4 is 29.3 Å². The van der Waals surface area contributed by atoms with Crippen LogP contribution in [0.15, 0.2) is 48.0 Å². The standard InChI is InChI=1S/C19H17ClN2O3/c1-3-25-18-11-13(4-9-17(18)24-2)10-14(12-21)19(23)22-16-7-5-15(20)6-8-16/h4-11H,3H2,1-2H3,(H,22,23)/b14-10+. The van der Waals surface area contributed by atoms with E-state index in [2.05, 4.69) is 5.32 Å². The molecule has 0 heterocycles. The highest BCUT2D eigenvalue weighted by molar-refractivity contribution is 6.30. The molecule has 0 aromatic heterocycles. The van der Waals surface area contributed by atoms with Crippen LogP contribution in [0.4, 0.5) is 5.69 Å². The number of hydrogen-bond donors (Lipinski definition) is 1. The Kier molecular flexibility index (Phi) is 6.44. The maximum Gasteiger partial charge on any atom is 0.266 e. The van der Waals surface area contributed by atoms with Crippen LogP contribution in [0.25, 0.3) is 6.08 Å². The van der Waals surface area contributed by atoms with Crippen LogP contribution in [0.1, 0.15) is 12.5 Å². The van der Waals surface area contributed by atoms with Gasteiger partial charge in [0.2, 0.25) is 0 Å². The molecule has 5 nitrogen and oxygen atoms in total. The minimum atomic E-state index is -0.501. The molecule has 0 radical (unpaired) electrons. The topological polar surface area (TPSA) is 71.3 Å². The Labute approximate surface area is 151 Å². The summed E-state index contributed by atoms with van der Waals surface area (Å²) in [5.74, 6) is 0.635. The van der Waals surface area contributed by atoms with E-state index in [0.717, 1.165) is 0 Å². The van der Waals surface area contributed by atoms with Gasteiger partial charge in [-0.1, -0.05) is 17.7 Å². The Morgan fingerprint density at radius 1 is 1.24 bits per heavy atom. The summed E-state index contributed by atoms with van der Waals surface area (Å²) in [4.78, 5) is 12.3. The highest BCUT2D eigenvalue weighted by Gasteiger charge is 2.11. The fourth-order valence-electron chi connectivity index (χ4n) is 2.10. The monoisotopic (exact) mass is 356 g/mol. The molecule has 1 N–H and O–H groups in total. The van der Waals surface area contributed by atoms with Crippen molar-refractivity contribution in [2.45, 2.75) is 6.92 Å².